The van der Waals surface area contributed by atoms with E-state index < -0.39 is 0 Å². The van der Waals surface area contributed by atoms with Crippen LogP contribution in [0.15, 0.2) is 53.5 Å². The van der Waals surface area contributed by atoms with Crippen LogP contribution in [0, 0.1) is 0 Å². The molecule has 0 spiro atoms. The van der Waals surface area contributed by atoms with E-state index >= 15 is 0 Å². The molecular weight excluding hydrogens is 366 g/mol. The van der Waals surface area contributed by atoms with Crippen molar-refractivity contribution in [3.05, 3.63) is 65.2 Å². The zero-order valence-corrected chi connectivity index (χ0v) is 17.5. The van der Waals surface area contributed by atoms with Crippen molar-refractivity contribution >= 4 is 23.5 Å². The number of nitrogens with zero attached hydrogens (tertiary/aromatic N) is 2. The maximum Gasteiger partial charge on any atom is 0.253 e. The third kappa shape index (κ3) is 7.29. The van der Waals surface area contributed by atoms with Gasteiger partial charge >= 0.3 is 0 Å². The molecule has 0 saturated carbocycles. The van der Waals surface area contributed by atoms with Crippen molar-refractivity contribution in [3.8, 4) is 0 Å². The van der Waals surface area contributed by atoms with Crippen molar-refractivity contribution in [1.29, 1.82) is 0 Å². The Kier molecular flexibility index (Phi) is 8.21. The van der Waals surface area contributed by atoms with Crippen molar-refractivity contribution in [2.45, 2.75) is 19.9 Å². The summed E-state index contributed by atoms with van der Waals surface area (Å²) >= 11 is 0. The van der Waals surface area contributed by atoms with Crippen LogP contribution in [-0.2, 0) is 17.8 Å². The second-order valence-corrected chi connectivity index (χ2v) is 6.88. The molecular formula is C22H29N5O2. The van der Waals surface area contributed by atoms with E-state index in [-0.39, 0.29) is 11.8 Å². The lowest BCUT2D eigenvalue weighted by Gasteiger charge is -2.13. The van der Waals surface area contributed by atoms with Crippen LogP contribution in [-0.4, -0.2) is 50.4 Å². The van der Waals surface area contributed by atoms with Gasteiger partial charge in [-0.05, 0) is 41.8 Å². The number of aliphatic imine (C=N–C) groups is 1. The Morgan fingerprint density at radius 3 is 2.10 bits per heavy atom. The van der Waals surface area contributed by atoms with Gasteiger partial charge in [-0.1, -0.05) is 24.3 Å². The topological polar surface area (TPSA) is 85.8 Å². The van der Waals surface area contributed by atoms with Crippen LogP contribution in [0.25, 0.3) is 0 Å². The number of benzene rings is 2. The van der Waals surface area contributed by atoms with Crippen molar-refractivity contribution in [1.82, 2.24) is 15.5 Å². The molecule has 0 saturated heterocycles. The minimum absolute atomic E-state index is 0.00732. The molecule has 0 unspecified atom stereocenters. The fourth-order valence-corrected chi connectivity index (χ4v) is 2.71. The molecule has 7 nitrogen and oxygen atoms in total. The fraction of sp³-hybridized carbons (Fsp3) is 0.318. The molecule has 2 aromatic carbocycles. The Hall–Kier alpha value is -3.35. The highest BCUT2D eigenvalue weighted by atomic mass is 16.2. The van der Waals surface area contributed by atoms with Crippen molar-refractivity contribution < 1.29 is 9.59 Å². The van der Waals surface area contributed by atoms with E-state index in [0.717, 1.165) is 24.2 Å². The number of rotatable bonds is 7. The van der Waals surface area contributed by atoms with E-state index in [4.69, 9.17) is 0 Å². The van der Waals surface area contributed by atoms with E-state index in [1.54, 1.807) is 26.0 Å². The van der Waals surface area contributed by atoms with Crippen LogP contribution in [0.2, 0.25) is 0 Å². The summed E-state index contributed by atoms with van der Waals surface area (Å²) in [5, 5.41) is 9.32. The van der Waals surface area contributed by atoms with Gasteiger partial charge in [0.15, 0.2) is 5.96 Å². The van der Waals surface area contributed by atoms with Crippen molar-refractivity contribution in [3.63, 3.8) is 0 Å². The molecule has 0 aliphatic carbocycles. The molecule has 2 aromatic rings. The van der Waals surface area contributed by atoms with Gasteiger partial charge in [0, 0.05) is 52.4 Å². The number of nitrogens with one attached hydrogen (secondary N) is 3. The molecule has 0 radical (unpaired) electrons. The minimum Gasteiger partial charge on any atom is -0.356 e. The smallest absolute Gasteiger partial charge is 0.253 e. The zero-order valence-electron chi connectivity index (χ0n) is 17.5. The molecule has 2 rings (SSSR count). The second kappa shape index (κ2) is 10.8. The van der Waals surface area contributed by atoms with Gasteiger partial charge < -0.3 is 20.9 Å². The van der Waals surface area contributed by atoms with E-state index in [9.17, 15) is 9.59 Å². The number of hydrogen-bond donors (Lipinski definition) is 3. The minimum atomic E-state index is -0.0757. The number of carbonyl (C=O) groups is 2. The Labute approximate surface area is 172 Å². The molecule has 0 aliphatic rings. The molecule has 29 heavy (non-hydrogen) atoms. The molecule has 0 aliphatic heterocycles. The molecule has 2 amide bonds. The van der Waals surface area contributed by atoms with Crippen LogP contribution in [0.1, 0.15) is 28.4 Å². The average molecular weight is 396 g/mol. The molecule has 0 fully saturated rings. The van der Waals surface area contributed by atoms with Gasteiger partial charge in [-0.25, -0.2) is 0 Å². The summed E-state index contributed by atoms with van der Waals surface area (Å²) in [5.74, 6) is 0.633. The monoisotopic (exact) mass is 395 g/mol. The highest BCUT2D eigenvalue weighted by molar-refractivity contribution is 5.93. The maximum atomic E-state index is 11.9. The largest absolute Gasteiger partial charge is 0.356 e. The number of amides is 2. The summed E-state index contributed by atoms with van der Waals surface area (Å²) in [4.78, 5) is 28.8. The molecule has 0 atom stereocenters. The standard InChI is InChI=1S/C22H29N5O2/c1-16(28)26-20-11-7-17(8-12-20)13-14-24-22(23-2)25-15-18-5-9-19(10-6-18)21(29)27(3)4/h5-12H,13-15H2,1-4H3,(H,26,28)(H2,23,24,25). The summed E-state index contributed by atoms with van der Waals surface area (Å²) in [6, 6.07) is 15.3. The lowest BCUT2D eigenvalue weighted by Crippen LogP contribution is -2.37. The highest BCUT2D eigenvalue weighted by Gasteiger charge is 2.07. The van der Waals surface area contributed by atoms with Gasteiger partial charge in [0.25, 0.3) is 5.91 Å². The fourth-order valence-electron chi connectivity index (χ4n) is 2.71. The average Bonchev–Trinajstić information content (AvgIpc) is 2.71. The lowest BCUT2D eigenvalue weighted by molar-refractivity contribution is -0.114. The van der Waals surface area contributed by atoms with Crippen molar-refractivity contribution in [2.24, 2.45) is 4.99 Å². The van der Waals surface area contributed by atoms with E-state index in [0.29, 0.717) is 18.1 Å². The second-order valence-electron chi connectivity index (χ2n) is 6.88. The van der Waals surface area contributed by atoms with Gasteiger partial charge in [0.2, 0.25) is 5.91 Å². The molecule has 7 heteroatoms. The summed E-state index contributed by atoms with van der Waals surface area (Å²) in [7, 11) is 5.21. The van der Waals surface area contributed by atoms with E-state index in [1.165, 1.54) is 12.5 Å². The van der Waals surface area contributed by atoms with Gasteiger partial charge in [0.05, 0.1) is 0 Å². The van der Waals surface area contributed by atoms with Gasteiger partial charge in [-0.2, -0.15) is 0 Å². The summed E-state index contributed by atoms with van der Waals surface area (Å²) < 4.78 is 0. The van der Waals surface area contributed by atoms with E-state index in [2.05, 4.69) is 20.9 Å². The molecule has 3 N–H and O–H groups in total. The first kappa shape index (κ1) is 21.9. The Morgan fingerprint density at radius 2 is 1.55 bits per heavy atom. The quantitative estimate of drug-likeness (QED) is 0.496. The van der Waals surface area contributed by atoms with Crippen LogP contribution in [0.5, 0.6) is 0 Å². The zero-order chi connectivity index (χ0) is 21.2. The van der Waals surface area contributed by atoms with Gasteiger partial charge in [-0.15, -0.1) is 0 Å². The SMILES string of the molecule is CN=C(NCCc1ccc(NC(C)=O)cc1)NCc1ccc(C(=O)N(C)C)cc1. The normalized spacial score (nSPS) is 11.0. The van der Waals surface area contributed by atoms with Crippen LogP contribution >= 0.6 is 0 Å². The number of anilines is 1. The third-order valence-electron chi connectivity index (χ3n) is 4.27. The lowest BCUT2D eigenvalue weighted by atomic mass is 10.1. The first-order valence-corrected chi connectivity index (χ1v) is 9.50. The van der Waals surface area contributed by atoms with Crippen LogP contribution < -0.4 is 16.0 Å². The van der Waals surface area contributed by atoms with Crippen LogP contribution in [0.3, 0.4) is 0 Å². The molecule has 0 bridgehead atoms. The first-order chi connectivity index (χ1) is 13.9. The van der Waals surface area contributed by atoms with Crippen LogP contribution in [0.4, 0.5) is 5.69 Å². The van der Waals surface area contributed by atoms with Gasteiger partial charge in [-0.3, -0.25) is 14.6 Å². The number of hydrogen-bond acceptors (Lipinski definition) is 3. The Balaban J connectivity index is 1.78. The van der Waals surface area contributed by atoms with Crippen molar-refractivity contribution in [2.75, 3.05) is 33.0 Å². The van der Waals surface area contributed by atoms with E-state index in [1.807, 2.05) is 48.5 Å². The number of carbonyl (C=O) groups excluding carboxylic acids is 2. The first-order valence-electron chi connectivity index (χ1n) is 9.50. The highest BCUT2D eigenvalue weighted by Crippen LogP contribution is 2.10. The van der Waals surface area contributed by atoms with Gasteiger partial charge in [0.1, 0.15) is 0 Å². The summed E-state index contributed by atoms with van der Waals surface area (Å²) in [6.45, 7) is 2.84. The summed E-state index contributed by atoms with van der Waals surface area (Å²) in [5.41, 5.74) is 3.70. The summed E-state index contributed by atoms with van der Waals surface area (Å²) in [6.07, 6.45) is 0.836. The Morgan fingerprint density at radius 1 is 0.931 bits per heavy atom. The molecule has 0 heterocycles. The third-order valence-corrected chi connectivity index (χ3v) is 4.27. The molecule has 154 valence electrons. The molecule has 0 aromatic heterocycles. The number of guanidine groups is 1. The Bertz CT molecular complexity index is 843. The predicted molar refractivity (Wildman–Crippen MR) is 117 cm³/mol. The maximum absolute atomic E-state index is 11.9. The predicted octanol–water partition coefficient (Wildman–Crippen LogP) is 2.25.